The van der Waals surface area contributed by atoms with Crippen molar-refractivity contribution >= 4 is 10.1 Å². The van der Waals surface area contributed by atoms with Gasteiger partial charge < -0.3 is 4.55 Å². The van der Waals surface area contributed by atoms with Crippen LogP contribution in [0.15, 0.2) is 18.7 Å². The molecule has 0 spiro atoms. The monoisotopic (exact) mass is 302 g/mol. The van der Waals surface area contributed by atoms with Crippen LogP contribution in [-0.4, -0.2) is 23.5 Å². The number of unbranched alkanes of at least 4 members (excludes halogenated alkanes) is 3. The molecule has 1 aromatic rings. The van der Waals surface area contributed by atoms with Gasteiger partial charge in [0.25, 0.3) is 0 Å². The van der Waals surface area contributed by atoms with Crippen molar-refractivity contribution in [2.45, 2.75) is 44.7 Å². The van der Waals surface area contributed by atoms with E-state index in [-0.39, 0.29) is 0 Å². The average Bonchev–Trinajstić information content (AvgIpc) is 2.75. The summed E-state index contributed by atoms with van der Waals surface area (Å²) in [7, 11) is -6.09. The number of aryl methyl sites for hydroxylation is 1. The summed E-state index contributed by atoms with van der Waals surface area (Å²) in [6, 6.07) is 0. The minimum absolute atomic E-state index is 1.16. The minimum atomic E-state index is -6.09. The number of aromatic nitrogens is 2. The van der Waals surface area contributed by atoms with Crippen molar-refractivity contribution in [3.63, 3.8) is 0 Å². The third-order valence-corrected chi connectivity index (χ3v) is 2.72. The Bertz CT molecular complexity index is 429. The van der Waals surface area contributed by atoms with Gasteiger partial charge in [-0.15, -0.1) is 0 Å². The number of hydrogen-bond acceptors (Lipinski definition) is 3. The van der Waals surface area contributed by atoms with E-state index in [0.29, 0.717) is 0 Å². The lowest BCUT2D eigenvalue weighted by Crippen LogP contribution is -2.30. The molecule has 0 fully saturated rings. The first-order valence-corrected chi connectivity index (χ1v) is 7.13. The predicted octanol–water partition coefficient (Wildman–Crippen LogP) is 1.93. The van der Waals surface area contributed by atoms with Gasteiger partial charge >= 0.3 is 5.51 Å². The summed E-state index contributed by atoms with van der Waals surface area (Å²) in [5, 5.41) is 0. The van der Waals surface area contributed by atoms with E-state index >= 15 is 0 Å². The first kappa shape index (κ1) is 17.9. The van der Waals surface area contributed by atoms with Crippen molar-refractivity contribution in [2.24, 2.45) is 0 Å². The Morgan fingerprint density at radius 2 is 1.84 bits per heavy atom. The fraction of sp³-hybridized carbons (Fsp3) is 0.700. The maximum atomic E-state index is 10.7. The molecule has 0 atom stereocenters. The zero-order chi connectivity index (χ0) is 14.9. The number of nitrogens with zero attached hydrogens (tertiary/aromatic N) is 1. The van der Waals surface area contributed by atoms with Crippen LogP contribution in [-0.2, 0) is 16.7 Å². The summed E-state index contributed by atoms with van der Waals surface area (Å²) >= 11 is 0. The number of alkyl halides is 3. The molecule has 0 bridgehead atoms. The number of hydrogen-bond donors (Lipinski definition) is 1. The lowest BCUT2D eigenvalue weighted by atomic mass is 10.2. The average molecular weight is 302 g/mol. The van der Waals surface area contributed by atoms with Crippen LogP contribution < -0.4 is 4.57 Å². The normalized spacial score (nSPS) is 11.8. The van der Waals surface area contributed by atoms with Gasteiger partial charge in [-0.1, -0.05) is 19.8 Å². The minimum Gasteiger partial charge on any atom is -0.741 e. The van der Waals surface area contributed by atoms with Gasteiger partial charge in [0.15, 0.2) is 10.1 Å². The molecule has 1 aromatic heterocycles. The standard InChI is InChI=1S/C9H16N2.CHF3O3S/c1-2-3-4-5-7-11-8-6-10-9-11;2-1(3,4)8(5,6)7/h6,8-9H,2-5,7H2,1H3;(H,5,6,7). The van der Waals surface area contributed by atoms with Crippen LogP contribution >= 0.6 is 0 Å². The van der Waals surface area contributed by atoms with Gasteiger partial charge in [0.2, 0.25) is 6.33 Å². The van der Waals surface area contributed by atoms with Gasteiger partial charge in [-0.3, -0.25) is 4.98 Å². The second-order valence-electron chi connectivity index (χ2n) is 3.81. The van der Waals surface area contributed by atoms with Crippen molar-refractivity contribution in [2.75, 3.05) is 0 Å². The van der Waals surface area contributed by atoms with E-state index < -0.39 is 15.6 Å². The predicted molar refractivity (Wildman–Crippen MR) is 60.9 cm³/mol. The van der Waals surface area contributed by atoms with Gasteiger partial charge in [0, 0.05) is 0 Å². The van der Waals surface area contributed by atoms with Crippen molar-refractivity contribution in [1.29, 1.82) is 0 Å². The topological polar surface area (TPSA) is 76.9 Å². The third kappa shape index (κ3) is 8.60. The van der Waals surface area contributed by atoms with E-state index in [9.17, 15) is 13.2 Å². The van der Waals surface area contributed by atoms with Crippen LogP contribution in [0, 0.1) is 0 Å². The van der Waals surface area contributed by atoms with Crippen LogP contribution in [0.2, 0.25) is 0 Å². The molecular formula is C10H17F3N2O3S. The van der Waals surface area contributed by atoms with Gasteiger partial charge in [-0.05, 0) is 12.8 Å². The molecular weight excluding hydrogens is 285 g/mol. The number of halogens is 3. The number of aromatic amines is 1. The molecule has 1 rings (SSSR count). The summed E-state index contributed by atoms with van der Waals surface area (Å²) in [6.07, 6.45) is 11.4. The van der Waals surface area contributed by atoms with Gasteiger partial charge in [0.05, 0.1) is 6.54 Å². The van der Waals surface area contributed by atoms with E-state index in [1.54, 1.807) is 0 Å². The van der Waals surface area contributed by atoms with Crippen LogP contribution in [0.4, 0.5) is 13.2 Å². The van der Waals surface area contributed by atoms with Crippen LogP contribution in [0.3, 0.4) is 0 Å². The number of imidazole rings is 1. The van der Waals surface area contributed by atoms with E-state index in [0.717, 1.165) is 6.54 Å². The highest BCUT2D eigenvalue weighted by Gasteiger charge is 2.36. The van der Waals surface area contributed by atoms with E-state index in [4.69, 9.17) is 13.0 Å². The van der Waals surface area contributed by atoms with E-state index in [1.165, 1.54) is 25.7 Å². The van der Waals surface area contributed by atoms with Crippen molar-refractivity contribution in [3.05, 3.63) is 18.7 Å². The molecule has 0 aliphatic heterocycles. The molecule has 9 heteroatoms. The SMILES string of the molecule is CCCCCC[n+]1cc[nH]c1.O=S(=O)([O-])C(F)(F)F. The lowest BCUT2D eigenvalue weighted by Gasteiger charge is -2.08. The van der Waals surface area contributed by atoms with E-state index in [1.807, 2.05) is 12.5 Å². The summed E-state index contributed by atoms with van der Waals surface area (Å²) in [6.45, 7) is 3.40. The third-order valence-electron chi connectivity index (χ3n) is 2.16. The highest BCUT2D eigenvalue weighted by Crippen LogP contribution is 2.20. The van der Waals surface area contributed by atoms with Crippen molar-refractivity contribution in [1.82, 2.24) is 4.98 Å². The molecule has 19 heavy (non-hydrogen) atoms. The maximum Gasteiger partial charge on any atom is 0.485 e. The Morgan fingerprint density at radius 1 is 1.26 bits per heavy atom. The molecule has 1 heterocycles. The Kier molecular flexibility index (Phi) is 7.69. The maximum absolute atomic E-state index is 10.7. The van der Waals surface area contributed by atoms with Gasteiger partial charge in [-0.25, -0.2) is 13.0 Å². The molecule has 112 valence electrons. The van der Waals surface area contributed by atoms with Gasteiger partial charge in [-0.2, -0.15) is 13.2 Å². The molecule has 0 saturated carbocycles. The Labute approximate surface area is 110 Å². The number of rotatable bonds is 5. The first-order chi connectivity index (χ1) is 8.68. The summed E-state index contributed by atoms with van der Waals surface area (Å²) in [5.74, 6) is 0. The Morgan fingerprint density at radius 3 is 2.21 bits per heavy atom. The first-order valence-electron chi connectivity index (χ1n) is 5.72. The second-order valence-corrected chi connectivity index (χ2v) is 5.18. The molecule has 1 N–H and O–H groups in total. The highest BCUT2D eigenvalue weighted by molar-refractivity contribution is 7.86. The quantitative estimate of drug-likeness (QED) is 0.391. The van der Waals surface area contributed by atoms with Gasteiger partial charge in [0.1, 0.15) is 12.4 Å². The number of nitrogens with one attached hydrogen (secondary N) is 1. The smallest absolute Gasteiger partial charge is 0.485 e. The summed E-state index contributed by atoms with van der Waals surface area (Å²) in [4.78, 5) is 3.03. The highest BCUT2D eigenvalue weighted by atomic mass is 32.2. The summed E-state index contributed by atoms with van der Waals surface area (Å²) in [5.41, 5.74) is -5.65. The number of H-pyrrole nitrogens is 1. The molecule has 0 aliphatic rings. The second kappa shape index (κ2) is 8.16. The molecule has 0 aromatic carbocycles. The van der Waals surface area contributed by atoms with Crippen LogP contribution in [0.25, 0.3) is 0 Å². The fourth-order valence-electron chi connectivity index (χ4n) is 1.18. The Balaban J connectivity index is 0.000000362. The molecule has 0 amide bonds. The molecule has 5 nitrogen and oxygen atoms in total. The van der Waals surface area contributed by atoms with E-state index in [2.05, 4.69) is 22.7 Å². The molecule has 0 unspecified atom stereocenters. The lowest BCUT2D eigenvalue weighted by molar-refractivity contribution is -0.696. The Hall–Kier alpha value is -1.09. The molecule has 0 radical (unpaired) electrons. The van der Waals surface area contributed by atoms with Crippen molar-refractivity contribution < 1.29 is 30.7 Å². The fourth-order valence-corrected chi connectivity index (χ4v) is 1.18. The molecule has 0 saturated heterocycles. The molecule has 0 aliphatic carbocycles. The summed E-state index contributed by atoms with van der Waals surface area (Å²) < 4.78 is 61.1. The largest absolute Gasteiger partial charge is 0.741 e. The zero-order valence-corrected chi connectivity index (χ0v) is 11.3. The van der Waals surface area contributed by atoms with Crippen molar-refractivity contribution in [3.8, 4) is 0 Å². The van der Waals surface area contributed by atoms with Crippen LogP contribution in [0.5, 0.6) is 0 Å². The zero-order valence-electron chi connectivity index (χ0n) is 10.5. The van der Waals surface area contributed by atoms with Crippen LogP contribution in [0.1, 0.15) is 32.6 Å².